The van der Waals surface area contributed by atoms with E-state index in [0.717, 1.165) is 17.5 Å². The number of aromatic hydroxyl groups is 1. The molecule has 0 aliphatic heterocycles. The Morgan fingerprint density at radius 3 is 2.39 bits per heavy atom. The summed E-state index contributed by atoms with van der Waals surface area (Å²) < 4.78 is 5.43. The molecule has 0 saturated carbocycles. The summed E-state index contributed by atoms with van der Waals surface area (Å²) in [5.74, 6) is 0.264. The summed E-state index contributed by atoms with van der Waals surface area (Å²) in [5.41, 5.74) is 2.23. The summed E-state index contributed by atoms with van der Waals surface area (Å²) in [7, 11) is 1.66. The van der Waals surface area contributed by atoms with Crippen molar-refractivity contribution in [1.29, 1.82) is 0 Å². The fourth-order valence-corrected chi connectivity index (χ4v) is 2.42. The third-order valence-electron chi connectivity index (χ3n) is 3.81. The molecule has 0 fully saturated rings. The molecule has 0 unspecified atom stereocenters. The number of aryl methyl sites for hydroxylation is 1. The van der Waals surface area contributed by atoms with Gasteiger partial charge in [0.25, 0.3) is 0 Å². The highest BCUT2D eigenvalue weighted by molar-refractivity contribution is 5.49. The maximum Gasteiger partial charge on any atom is 0.115 e. The molecule has 122 valence electrons. The number of phenolic OH excluding ortho intramolecular Hbond substituents is 1. The minimum Gasteiger partial charge on any atom is -0.508 e. The first-order chi connectivity index (χ1) is 11.2. The first-order valence-corrected chi connectivity index (χ1v) is 7.89. The van der Waals surface area contributed by atoms with Gasteiger partial charge in [0.1, 0.15) is 5.75 Å². The molecule has 0 saturated heterocycles. The molecule has 0 spiro atoms. The van der Waals surface area contributed by atoms with E-state index in [2.05, 4.69) is 0 Å². The largest absolute Gasteiger partial charge is 0.508 e. The molecule has 2 rings (SSSR count). The zero-order valence-electron chi connectivity index (χ0n) is 13.4. The Kier molecular flexibility index (Phi) is 6.85. The zero-order chi connectivity index (χ0) is 16.5. The monoisotopic (exact) mass is 312 g/mol. The van der Waals surface area contributed by atoms with Crippen molar-refractivity contribution in [1.82, 2.24) is 0 Å². The van der Waals surface area contributed by atoms with Crippen molar-refractivity contribution in [2.24, 2.45) is 0 Å². The van der Waals surface area contributed by atoms with Gasteiger partial charge < -0.3 is 14.9 Å². The average molecular weight is 312 g/mol. The molecule has 0 amide bonds. The van der Waals surface area contributed by atoms with Gasteiger partial charge in [0.2, 0.25) is 0 Å². The van der Waals surface area contributed by atoms with Gasteiger partial charge in [0.05, 0.1) is 12.2 Å². The standard InChI is InChI=1S/C20H24O3/c1-23-20(14-10-16-5-3-2-4-6-16)15-19(22)13-9-17-7-11-18(21)12-8-17/h2-8,10-12,14,19-22H,9,13,15H2,1H3/t19-,20-/m0/s1. The van der Waals surface area contributed by atoms with Gasteiger partial charge in [-0.25, -0.2) is 0 Å². The van der Waals surface area contributed by atoms with E-state index in [1.807, 2.05) is 54.6 Å². The number of rotatable bonds is 8. The van der Waals surface area contributed by atoms with Crippen LogP contribution in [-0.2, 0) is 11.2 Å². The Morgan fingerprint density at radius 1 is 1.04 bits per heavy atom. The van der Waals surface area contributed by atoms with Crippen molar-refractivity contribution in [3.8, 4) is 5.75 Å². The van der Waals surface area contributed by atoms with Crippen LogP contribution in [0.5, 0.6) is 5.75 Å². The third-order valence-corrected chi connectivity index (χ3v) is 3.81. The van der Waals surface area contributed by atoms with E-state index in [1.54, 1.807) is 19.2 Å². The van der Waals surface area contributed by atoms with Gasteiger partial charge in [0.15, 0.2) is 0 Å². The van der Waals surface area contributed by atoms with Crippen molar-refractivity contribution >= 4 is 6.08 Å². The second-order valence-electron chi connectivity index (χ2n) is 5.64. The molecule has 0 radical (unpaired) electrons. The topological polar surface area (TPSA) is 49.7 Å². The average Bonchev–Trinajstić information content (AvgIpc) is 2.59. The van der Waals surface area contributed by atoms with Gasteiger partial charge in [-0.05, 0) is 36.1 Å². The lowest BCUT2D eigenvalue weighted by molar-refractivity contribution is 0.0685. The Hall–Kier alpha value is -2.10. The number of methoxy groups -OCH3 is 1. The van der Waals surface area contributed by atoms with Gasteiger partial charge in [0, 0.05) is 13.5 Å². The lowest BCUT2D eigenvalue weighted by Gasteiger charge is -2.16. The molecule has 3 nitrogen and oxygen atoms in total. The van der Waals surface area contributed by atoms with Crippen LogP contribution >= 0.6 is 0 Å². The van der Waals surface area contributed by atoms with Crippen molar-refractivity contribution in [2.75, 3.05) is 7.11 Å². The second-order valence-corrected chi connectivity index (χ2v) is 5.64. The highest BCUT2D eigenvalue weighted by Gasteiger charge is 2.11. The molecule has 2 atom stereocenters. The minimum absolute atomic E-state index is 0.106. The van der Waals surface area contributed by atoms with E-state index in [1.165, 1.54) is 0 Å². The Labute approximate surface area is 137 Å². The molecule has 0 aromatic heterocycles. The van der Waals surface area contributed by atoms with Gasteiger partial charge in [-0.2, -0.15) is 0 Å². The number of aliphatic hydroxyl groups excluding tert-OH is 1. The first-order valence-electron chi connectivity index (χ1n) is 7.89. The molecular weight excluding hydrogens is 288 g/mol. The molecule has 23 heavy (non-hydrogen) atoms. The van der Waals surface area contributed by atoms with Gasteiger partial charge in [-0.3, -0.25) is 0 Å². The van der Waals surface area contributed by atoms with Crippen LogP contribution in [0.2, 0.25) is 0 Å². The zero-order valence-corrected chi connectivity index (χ0v) is 13.4. The fourth-order valence-electron chi connectivity index (χ4n) is 2.42. The Balaban J connectivity index is 1.81. The summed E-state index contributed by atoms with van der Waals surface area (Å²) in [4.78, 5) is 0. The molecule has 2 aromatic carbocycles. The predicted molar refractivity (Wildman–Crippen MR) is 93.3 cm³/mol. The van der Waals surface area contributed by atoms with Crippen LogP contribution in [0.1, 0.15) is 24.0 Å². The van der Waals surface area contributed by atoms with Crippen LogP contribution in [-0.4, -0.2) is 29.5 Å². The maximum absolute atomic E-state index is 10.2. The van der Waals surface area contributed by atoms with Gasteiger partial charge >= 0.3 is 0 Å². The maximum atomic E-state index is 10.2. The number of hydrogen-bond acceptors (Lipinski definition) is 3. The van der Waals surface area contributed by atoms with Crippen LogP contribution in [0.25, 0.3) is 6.08 Å². The van der Waals surface area contributed by atoms with Crippen LogP contribution in [0.4, 0.5) is 0 Å². The summed E-state index contributed by atoms with van der Waals surface area (Å²) in [6.07, 6.45) is 5.49. The lowest BCUT2D eigenvalue weighted by Crippen LogP contribution is -2.18. The molecule has 3 heteroatoms. The molecule has 0 bridgehead atoms. The number of aliphatic hydroxyl groups is 1. The summed E-state index contributed by atoms with van der Waals surface area (Å²) in [6.45, 7) is 0. The minimum atomic E-state index is -0.422. The number of hydrogen-bond donors (Lipinski definition) is 2. The third kappa shape index (κ3) is 6.27. The lowest BCUT2D eigenvalue weighted by atomic mass is 10.0. The molecule has 2 N–H and O–H groups in total. The number of phenols is 1. The van der Waals surface area contributed by atoms with Crippen molar-refractivity contribution < 1.29 is 14.9 Å². The molecular formula is C20H24O3. The van der Waals surface area contributed by atoms with E-state index in [-0.39, 0.29) is 11.9 Å². The molecule has 0 heterocycles. The van der Waals surface area contributed by atoms with E-state index in [9.17, 15) is 10.2 Å². The quantitative estimate of drug-likeness (QED) is 0.779. The van der Waals surface area contributed by atoms with E-state index in [0.29, 0.717) is 12.8 Å². The molecule has 0 aliphatic carbocycles. The SMILES string of the molecule is CO[C@@H](C=Cc1ccccc1)C[C@@H](O)CCc1ccc(O)cc1. The highest BCUT2D eigenvalue weighted by Crippen LogP contribution is 2.15. The highest BCUT2D eigenvalue weighted by atomic mass is 16.5. The Bertz CT molecular complexity index is 590. The van der Waals surface area contributed by atoms with Crippen molar-refractivity contribution in [3.63, 3.8) is 0 Å². The Morgan fingerprint density at radius 2 is 1.74 bits per heavy atom. The van der Waals surface area contributed by atoms with Gasteiger partial charge in [-0.15, -0.1) is 0 Å². The van der Waals surface area contributed by atoms with Crippen molar-refractivity contribution in [3.05, 3.63) is 71.8 Å². The predicted octanol–water partition coefficient (Wildman–Crippen LogP) is 3.80. The smallest absolute Gasteiger partial charge is 0.115 e. The second kappa shape index (κ2) is 9.13. The van der Waals surface area contributed by atoms with Crippen molar-refractivity contribution in [2.45, 2.75) is 31.5 Å². The van der Waals surface area contributed by atoms with Crippen LogP contribution in [0, 0.1) is 0 Å². The van der Waals surface area contributed by atoms with E-state index >= 15 is 0 Å². The molecule has 0 aliphatic rings. The van der Waals surface area contributed by atoms with Crippen LogP contribution in [0.15, 0.2) is 60.7 Å². The fraction of sp³-hybridized carbons (Fsp3) is 0.300. The van der Waals surface area contributed by atoms with E-state index < -0.39 is 6.10 Å². The number of benzene rings is 2. The van der Waals surface area contributed by atoms with Crippen LogP contribution < -0.4 is 0 Å². The molecule has 2 aromatic rings. The normalized spacial score (nSPS) is 14.0. The summed E-state index contributed by atoms with van der Waals surface area (Å²) in [6, 6.07) is 17.1. The van der Waals surface area contributed by atoms with Gasteiger partial charge in [-0.1, -0.05) is 54.6 Å². The van der Waals surface area contributed by atoms with Crippen LogP contribution in [0.3, 0.4) is 0 Å². The first kappa shape index (κ1) is 17.3. The number of ether oxygens (including phenoxy) is 1. The summed E-state index contributed by atoms with van der Waals surface area (Å²) >= 11 is 0. The van der Waals surface area contributed by atoms with E-state index in [4.69, 9.17) is 4.74 Å². The summed E-state index contributed by atoms with van der Waals surface area (Å²) in [5, 5.41) is 19.5.